The monoisotopic (exact) mass is 316 g/mol. The van der Waals surface area contributed by atoms with Gasteiger partial charge in [0.15, 0.2) is 0 Å². The van der Waals surface area contributed by atoms with E-state index in [0.29, 0.717) is 0 Å². The van der Waals surface area contributed by atoms with Crippen molar-refractivity contribution in [3.05, 3.63) is 11.3 Å². The molecule has 5 unspecified atom stereocenters. The molecule has 0 bridgehead atoms. The van der Waals surface area contributed by atoms with Gasteiger partial charge in [-0.25, -0.2) is 4.79 Å². The average molecular weight is 316 g/mol. The first-order valence-electron chi connectivity index (χ1n) is 6.27. The zero-order valence-corrected chi connectivity index (χ0v) is 12.3. The summed E-state index contributed by atoms with van der Waals surface area (Å²) < 4.78 is 11.7. The van der Waals surface area contributed by atoms with Crippen molar-refractivity contribution in [1.29, 1.82) is 0 Å². The molecule has 1 saturated heterocycles. The fraction of sp³-hybridized carbons (Fsp3) is 0.583. The molecule has 0 aromatic heterocycles. The molecule has 0 saturated carbocycles. The second-order valence-electron chi connectivity index (χ2n) is 5.21. The Morgan fingerprint density at radius 2 is 2.10 bits per heavy atom. The van der Waals surface area contributed by atoms with Crippen molar-refractivity contribution in [2.24, 2.45) is 11.7 Å². The fourth-order valence-electron chi connectivity index (χ4n) is 3.07. The SMILES string of the molecule is CC(O)C1C(=O)N2C(C(=O)O)=C(C(C(N)=O)[S+](C)[O-])CC12. The van der Waals surface area contributed by atoms with E-state index in [2.05, 4.69) is 0 Å². The van der Waals surface area contributed by atoms with Crippen molar-refractivity contribution in [3.63, 3.8) is 0 Å². The molecule has 5 atom stereocenters. The molecule has 116 valence electrons. The Labute approximate surface area is 123 Å². The summed E-state index contributed by atoms with van der Waals surface area (Å²) >= 11 is -1.69. The van der Waals surface area contributed by atoms with Gasteiger partial charge in [0.2, 0.25) is 11.2 Å². The van der Waals surface area contributed by atoms with Crippen LogP contribution in [0.25, 0.3) is 0 Å². The number of carbonyl (C=O) groups is 3. The molecular weight excluding hydrogens is 300 g/mol. The number of amides is 2. The number of nitrogens with two attached hydrogens (primary N) is 1. The summed E-state index contributed by atoms with van der Waals surface area (Å²) in [6.07, 6.45) is 0.411. The van der Waals surface area contributed by atoms with Crippen molar-refractivity contribution in [3.8, 4) is 0 Å². The quantitative estimate of drug-likeness (QED) is 0.402. The molecule has 1 fully saturated rings. The maximum Gasteiger partial charge on any atom is 0.352 e. The topological polar surface area (TPSA) is 144 Å². The number of carboxylic acid groups (broad SMARTS) is 1. The number of hydrogen-bond acceptors (Lipinski definition) is 5. The summed E-state index contributed by atoms with van der Waals surface area (Å²) in [5.74, 6) is -3.49. The van der Waals surface area contributed by atoms with Gasteiger partial charge in [-0.15, -0.1) is 0 Å². The van der Waals surface area contributed by atoms with Crippen LogP contribution in [-0.2, 0) is 25.6 Å². The Morgan fingerprint density at radius 1 is 1.52 bits per heavy atom. The molecule has 8 nitrogen and oxygen atoms in total. The predicted octanol–water partition coefficient (Wildman–Crippen LogP) is -1.83. The van der Waals surface area contributed by atoms with Crippen LogP contribution in [0.5, 0.6) is 0 Å². The first-order valence-corrected chi connectivity index (χ1v) is 7.89. The van der Waals surface area contributed by atoms with E-state index < -0.39 is 52.3 Å². The van der Waals surface area contributed by atoms with E-state index in [1.807, 2.05) is 0 Å². The van der Waals surface area contributed by atoms with Crippen molar-refractivity contribution in [2.75, 3.05) is 6.26 Å². The van der Waals surface area contributed by atoms with Crippen LogP contribution in [0.4, 0.5) is 0 Å². The Kier molecular flexibility index (Phi) is 4.00. The first kappa shape index (κ1) is 15.8. The summed E-state index contributed by atoms with van der Waals surface area (Å²) in [4.78, 5) is 35.9. The van der Waals surface area contributed by atoms with Crippen molar-refractivity contribution in [2.45, 2.75) is 30.7 Å². The Morgan fingerprint density at radius 3 is 2.48 bits per heavy atom. The standard InChI is InChI=1S/C12H16N2O6S/c1-4(15)7-6-3-5(9(10(13)16)21(2)20)8(12(18)19)14(6)11(7)17/h4,6-7,9,15H,3H2,1-2H3,(H2,13,16)(H,18,19). The van der Waals surface area contributed by atoms with Gasteiger partial charge < -0.3 is 25.4 Å². The average Bonchev–Trinajstić information content (AvgIpc) is 2.62. The van der Waals surface area contributed by atoms with Crippen molar-refractivity contribution in [1.82, 2.24) is 4.90 Å². The number of nitrogens with zero attached hydrogens (tertiary/aromatic N) is 1. The summed E-state index contributed by atoms with van der Waals surface area (Å²) in [7, 11) is 0. The lowest BCUT2D eigenvalue weighted by molar-refractivity contribution is -0.161. The highest BCUT2D eigenvalue weighted by Gasteiger charge is 2.58. The summed E-state index contributed by atoms with van der Waals surface area (Å²) in [6.45, 7) is 1.45. The molecule has 0 aliphatic carbocycles. The van der Waals surface area contributed by atoms with Gasteiger partial charge in [0.05, 0.1) is 24.3 Å². The predicted molar refractivity (Wildman–Crippen MR) is 72.1 cm³/mol. The molecule has 0 aromatic carbocycles. The van der Waals surface area contributed by atoms with Gasteiger partial charge in [-0.2, -0.15) is 0 Å². The smallest absolute Gasteiger partial charge is 0.352 e. The van der Waals surface area contributed by atoms with Gasteiger partial charge in [0.1, 0.15) is 5.70 Å². The zero-order valence-electron chi connectivity index (χ0n) is 11.5. The minimum Gasteiger partial charge on any atom is -0.616 e. The Hall–Kier alpha value is -1.58. The van der Waals surface area contributed by atoms with Crippen LogP contribution in [0.2, 0.25) is 0 Å². The number of fused-ring (bicyclic) bond motifs is 1. The lowest BCUT2D eigenvalue weighted by atomic mass is 9.83. The lowest BCUT2D eigenvalue weighted by Crippen LogP contribution is -2.61. The molecule has 2 amide bonds. The van der Waals surface area contributed by atoms with Gasteiger partial charge in [-0.1, -0.05) is 0 Å². The van der Waals surface area contributed by atoms with E-state index in [0.717, 1.165) is 4.90 Å². The van der Waals surface area contributed by atoms with Crippen LogP contribution in [-0.4, -0.2) is 61.1 Å². The second kappa shape index (κ2) is 5.32. The van der Waals surface area contributed by atoms with E-state index in [1.54, 1.807) is 0 Å². The van der Waals surface area contributed by atoms with E-state index in [9.17, 15) is 29.1 Å². The number of aliphatic hydroxyl groups excluding tert-OH is 1. The molecule has 0 aromatic rings. The minimum atomic E-state index is -1.69. The highest BCUT2D eigenvalue weighted by molar-refractivity contribution is 7.92. The zero-order chi connectivity index (χ0) is 16.1. The van der Waals surface area contributed by atoms with E-state index in [-0.39, 0.29) is 17.7 Å². The van der Waals surface area contributed by atoms with E-state index >= 15 is 0 Å². The lowest BCUT2D eigenvalue weighted by Gasteiger charge is -2.44. The number of hydrogen-bond donors (Lipinski definition) is 3. The molecule has 4 N–H and O–H groups in total. The molecule has 2 heterocycles. The van der Waals surface area contributed by atoms with Gasteiger partial charge in [0, 0.05) is 5.57 Å². The third kappa shape index (κ3) is 2.30. The molecule has 21 heavy (non-hydrogen) atoms. The third-order valence-corrected chi connectivity index (χ3v) is 5.05. The Balaban J connectivity index is 2.44. The van der Waals surface area contributed by atoms with Crippen LogP contribution in [0, 0.1) is 5.92 Å². The molecule has 2 rings (SSSR count). The molecule has 2 aliphatic rings. The normalized spacial score (nSPS) is 28.8. The summed E-state index contributed by atoms with van der Waals surface area (Å²) in [5, 5.41) is 17.6. The van der Waals surface area contributed by atoms with E-state index in [4.69, 9.17) is 5.73 Å². The number of carbonyl (C=O) groups excluding carboxylic acids is 2. The number of primary amides is 1. The Bertz CT molecular complexity index is 544. The summed E-state index contributed by atoms with van der Waals surface area (Å²) in [6, 6.07) is -0.524. The third-order valence-electron chi connectivity index (χ3n) is 3.87. The van der Waals surface area contributed by atoms with Crippen LogP contribution >= 0.6 is 0 Å². The molecule has 0 spiro atoms. The maximum atomic E-state index is 12.0. The highest BCUT2D eigenvalue weighted by atomic mass is 32.2. The van der Waals surface area contributed by atoms with Crippen molar-refractivity contribution < 1.29 is 29.1 Å². The number of rotatable bonds is 5. The van der Waals surface area contributed by atoms with Gasteiger partial charge in [-0.05, 0) is 24.5 Å². The second-order valence-corrected chi connectivity index (χ2v) is 6.67. The fourth-order valence-corrected chi connectivity index (χ4v) is 4.01. The maximum absolute atomic E-state index is 12.0. The molecule has 0 radical (unpaired) electrons. The number of carboxylic acids is 1. The van der Waals surface area contributed by atoms with Gasteiger partial charge in [0.25, 0.3) is 5.91 Å². The number of aliphatic hydroxyl groups is 1. The number of aliphatic carboxylic acids is 1. The van der Waals surface area contributed by atoms with E-state index in [1.165, 1.54) is 13.2 Å². The van der Waals surface area contributed by atoms with Crippen LogP contribution in [0.15, 0.2) is 11.3 Å². The minimum absolute atomic E-state index is 0.0795. The van der Waals surface area contributed by atoms with Crippen molar-refractivity contribution >= 4 is 29.0 Å². The van der Waals surface area contributed by atoms with Crippen LogP contribution in [0.1, 0.15) is 13.3 Å². The van der Waals surface area contributed by atoms with Gasteiger partial charge in [-0.3, -0.25) is 9.59 Å². The van der Waals surface area contributed by atoms with Crippen LogP contribution in [0.3, 0.4) is 0 Å². The summed E-state index contributed by atoms with van der Waals surface area (Å²) in [5.41, 5.74) is 4.97. The molecule has 9 heteroatoms. The van der Waals surface area contributed by atoms with Crippen LogP contribution < -0.4 is 5.73 Å². The number of β-lactam (4-membered cyclic amide) rings is 1. The largest absolute Gasteiger partial charge is 0.616 e. The highest BCUT2D eigenvalue weighted by Crippen LogP contribution is 2.45. The molecule has 2 aliphatic heterocycles. The molecular formula is C12H16N2O6S. The van der Waals surface area contributed by atoms with Gasteiger partial charge >= 0.3 is 5.97 Å². The first-order chi connectivity index (χ1) is 9.68.